The summed E-state index contributed by atoms with van der Waals surface area (Å²) in [6.45, 7) is 1.69. The predicted molar refractivity (Wildman–Crippen MR) is 28.8 cm³/mol. The SMILES string of the molecule is C[P@H](=O)CS.[Y]. The Morgan fingerprint density at radius 3 is 2.00 bits per heavy atom. The van der Waals surface area contributed by atoms with Gasteiger partial charge in [0.15, 0.2) is 0 Å². The summed E-state index contributed by atoms with van der Waals surface area (Å²) >= 11 is 3.75. The molecule has 1 nitrogen and oxygen atoms in total. The van der Waals surface area contributed by atoms with Crippen LogP contribution in [0, 0.1) is 0 Å². The second-order valence-electron chi connectivity index (χ2n) is 0.860. The zero-order valence-corrected chi connectivity index (χ0v) is 8.37. The van der Waals surface area contributed by atoms with E-state index in [9.17, 15) is 4.57 Å². The summed E-state index contributed by atoms with van der Waals surface area (Å²) in [6.07, 6.45) is 0. The Morgan fingerprint density at radius 2 is 2.00 bits per heavy atom. The normalized spacial score (nSPS) is 12.3. The van der Waals surface area contributed by atoms with Crippen LogP contribution in [-0.4, -0.2) is 12.2 Å². The van der Waals surface area contributed by atoms with E-state index in [1.165, 1.54) is 0 Å². The van der Waals surface area contributed by atoms with Gasteiger partial charge in [-0.15, -0.1) is 0 Å². The zero-order valence-electron chi connectivity index (χ0n) is 3.64. The largest absolute Gasteiger partial charge is 0.326 e. The second kappa shape index (κ2) is 6.68. The average Bonchev–Trinajstić information content (AvgIpc) is 1.38. The van der Waals surface area contributed by atoms with Crippen LogP contribution in [0.5, 0.6) is 0 Å². The van der Waals surface area contributed by atoms with Crippen LogP contribution in [0.2, 0.25) is 0 Å². The molecule has 0 bridgehead atoms. The summed E-state index contributed by atoms with van der Waals surface area (Å²) in [5, 5.41) is 0. The van der Waals surface area contributed by atoms with Gasteiger partial charge in [-0.2, -0.15) is 12.6 Å². The van der Waals surface area contributed by atoms with E-state index in [0.717, 1.165) is 0 Å². The van der Waals surface area contributed by atoms with Gasteiger partial charge in [-0.3, -0.25) is 0 Å². The number of thiol groups is 1. The Hall–Kier alpha value is 1.68. The van der Waals surface area contributed by atoms with Crippen LogP contribution < -0.4 is 0 Å². The fourth-order valence-electron chi connectivity index (χ4n) is 0. The fourth-order valence-corrected chi connectivity index (χ4v) is 0. The molecule has 0 aromatic carbocycles. The van der Waals surface area contributed by atoms with Gasteiger partial charge in [0.25, 0.3) is 0 Å². The summed E-state index contributed by atoms with van der Waals surface area (Å²) in [4.78, 5) is 0. The number of rotatable bonds is 1. The van der Waals surface area contributed by atoms with Crippen LogP contribution in [0.1, 0.15) is 0 Å². The standard InChI is InChI=1S/C2H7OPS.Y/c1-4(3)2-5;/h4-5H,2H2,1H3;. The van der Waals surface area contributed by atoms with Gasteiger partial charge in [0.1, 0.15) is 0 Å². The van der Waals surface area contributed by atoms with E-state index in [1.54, 1.807) is 6.66 Å². The molecule has 0 fully saturated rings. The van der Waals surface area contributed by atoms with E-state index in [1.807, 2.05) is 0 Å². The molecule has 0 N–H and O–H groups in total. The van der Waals surface area contributed by atoms with Gasteiger partial charge in [0, 0.05) is 38.2 Å². The van der Waals surface area contributed by atoms with Crippen molar-refractivity contribution in [1.82, 2.24) is 0 Å². The Kier molecular flexibility index (Phi) is 11.8. The van der Waals surface area contributed by atoms with E-state index in [0.29, 0.717) is 5.49 Å². The smallest absolute Gasteiger partial charge is 0.0824 e. The molecule has 0 aliphatic carbocycles. The van der Waals surface area contributed by atoms with Crippen molar-refractivity contribution in [2.75, 3.05) is 12.2 Å². The minimum absolute atomic E-state index is 0. The summed E-state index contributed by atoms with van der Waals surface area (Å²) in [6, 6.07) is 0. The average molecular weight is 199 g/mol. The minimum atomic E-state index is -1.26. The van der Waals surface area contributed by atoms with Crippen molar-refractivity contribution in [2.45, 2.75) is 0 Å². The Bertz CT molecular complexity index is 48.8. The van der Waals surface area contributed by atoms with Crippen molar-refractivity contribution in [3.05, 3.63) is 0 Å². The zero-order chi connectivity index (χ0) is 4.28. The van der Waals surface area contributed by atoms with Crippen LogP contribution in [-0.2, 0) is 37.3 Å². The molecule has 0 aliphatic heterocycles. The molecule has 1 atom stereocenters. The maximum Gasteiger partial charge on any atom is 0.0824 e. The van der Waals surface area contributed by atoms with Crippen molar-refractivity contribution in [2.24, 2.45) is 0 Å². The van der Waals surface area contributed by atoms with E-state index in [-0.39, 0.29) is 32.7 Å². The molecule has 0 amide bonds. The Morgan fingerprint density at radius 1 is 1.83 bits per heavy atom. The van der Waals surface area contributed by atoms with Gasteiger partial charge in [0.05, 0.1) is 7.80 Å². The fraction of sp³-hybridized carbons (Fsp3) is 1.00. The molecule has 0 aliphatic rings. The van der Waals surface area contributed by atoms with Gasteiger partial charge in [-0.05, 0) is 6.66 Å². The van der Waals surface area contributed by atoms with Crippen molar-refractivity contribution >= 4 is 20.4 Å². The first kappa shape index (κ1) is 10.6. The first-order valence-electron chi connectivity index (χ1n) is 1.37. The monoisotopic (exact) mass is 199 g/mol. The van der Waals surface area contributed by atoms with E-state index >= 15 is 0 Å². The van der Waals surface area contributed by atoms with Gasteiger partial charge in [-0.25, -0.2) is 0 Å². The summed E-state index contributed by atoms with van der Waals surface area (Å²) in [5.41, 5.74) is 0.546. The molecule has 0 aromatic rings. The molecule has 35 valence electrons. The van der Waals surface area contributed by atoms with Crippen LogP contribution in [0.3, 0.4) is 0 Å². The molecule has 0 unspecified atom stereocenters. The summed E-state index contributed by atoms with van der Waals surface area (Å²) in [5.74, 6) is 0. The summed E-state index contributed by atoms with van der Waals surface area (Å²) in [7, 11) is -1.26. The molecule has 6 heavy (non-hydrogen) atoms. The summed E-state index contributed by atoms with van der Waals surface area (Å²) < 4.78 is 9.92. The molecule has 0 spiro atoms. The van der Waals surface area contributed by atoms with Gasteiger partial charge in [0.2, 0.25) is 0 Å². The third-order valence-electron chi connectivity index (χ3n) is 0.223. The third kappa shape index (κ3) is 9.19. The van der Waals surface area contributed by atoms with Crippen molar-refractivity contribution < 1.29 is 37.3 Å². The van der Waals surface area contributed by atoms with Crippen molar-refractivity contribution in [1.29, 1.82) is 0 Å². The van der Waals surface area contributed by atoms with Gasteiger partial charge in [-0.1, -0.05) is 0 Å². The van der Waals surface area contributed by atoms with Crippen molar-refractivity contribution in [3.8, 4) is 0 Å². The van der Waals surface area contributed by atoms with Crippen LogP contribution in [0.4, 0.5) is 0 Å². The molecule has 0 saturated heterocycles. The van der Waals surface area contributed by atoms with E-state index in [4.69, 9.17) is 0 Å². The minimum Gasteiger partial charge on any atom is -0.326 e. The third-order valence-corrected chi connectivity index (χ3v) is 2.00. The number of hydrogen-bond acceptors (Lipinski definition) is 2. The quantitative estimate of drug-likeness (QED) is 0.493. The molecule has 0 aromatic heterocycles. The number of hydrogen-bond donors (Lipinski definition) is 1. The van der Waals surface area contributed by atoms with E-state index < -0.39 is 7.80 Å². The second-order valence-corrected chi connectivity index (χ2v) is 3.53. The van der Waals surface area contributed by atoms with Crippen LogP contribution >= 0.6 is 20.4 Å². The van der Waals surface area contributed by atoms with Gasteiger partial charge < -0.3 is 4.57 Å². The van der Waals surface area contributed by atoms with Gasteiger partial charge >= 0.3 is 0 Å². The van der Waals surface area contributed by atoms with Crippen molar-refractivity contribution in [3.63, 3.8) is 0 Å². The molecule has 1 radical (unpaired) electrons. The molecular weight excluding hydrogens is 192 g/mol. The molecule has 0 saturated carbocycles. The first-order chi connectivity index (χ1) is 2.27. The van der Waals surface area contributed by atoms with E-state index in [2.05, 4.69) is 12.6 Å². The topological polar surface area (TPSA) is 17.1 Å². The molecule has 4 heteroatoms. The predicted octanol–water partition coefficient (Wildman–Crippen LogP) is 1.06. The van der Waals surface area contributed by atoms with Crippen LogP contribution in [0.25, 0.3) is 0 Å². The maximum absolute atomic E-state index is 9.92. The Balaban J connectivity index is 0. The molecule has 0 heterocycles. The van der Waals surface area contributed by atoms with Crippen LogP contribution in [0.15, 0.2) is 0 Å². The maximum atomic E-state index is 9.92. The molecule has 0 rings (SSSR count). The Labute approximate surface area is 69.3 Å². The molecular formula is C2H7OPSY. The first-order valence-corrected chi connectivity index (χ1v) is 4.12.